The van der Waals surface area contributed by atoms with E-state index in [0.29, 0.717) is 0 Å². The number of rotatable bonds is 6. The summed E-state index contributed by atoms with van der Waals surface area (Å²) in [5.41, 5.74) is 1.16. The Balaban J connectivity index is 2.24. The summed E-state index contributed by atoms with van der Waals surface area (Å²) in [6.45, 7) is 5.77. The molecule has 1 aromatic rings. The van der Waals surface area contributed by atoms with Crippen molar-refractivity contribution < 1.29 is 0 Å². The number of hydrogen-bond acceptors (Lipinski definition) is 2. The van der Waals surface area contributed by atoms with Gasteiger partial charge in [0.2, 0.25) is 0 Å². The standard InChI is InChI=1S/C13H18N2/c1-3-11-15(4-2)12-10-14-13-8-6-5-7-9-13/h1,5-9,14H,4,10-12H2,2H3. The van der Waals surface area contributed by atoms with E-state index >= 15 is 0 Å². The van der Waals surface area contributed by atoms with Crippen LogP contribution < -0.4 is 5.32 Å². The van der Waals surface area contributed by atoms with Crippen molar-refractivity contribution in [2.75, 3.05) is 31.5 Å². The molecule has 0 aliphatic heterocycles. The molecule has 1 rings (SSSR count). The van der Waals surface area contributed by atoms with Gasteiger partial charge in [0.25, 0.3) is 0 Å². The van der Waals surface area contributed by atoms with Crippen LogP contribution in [0.1, 0.15) is 6.92 Å². The summed E-state index contributed by atoms with van der Waals surface area (Å²) < 4.78 is 0. The number of anilines is 1. The van der Waals surface area contributed by atoms with Gasteiger partial charge < -0.3 is 5.32 Å². The zero-order chi connectivity index (χ0) is 10.9. The summed E-state index contributed by atoms with van der Waals surface area (Å²) in [6.07, 6.45) is 5.28. The van der Waals surface area contributed by atoms with Gasteiger partial charge in [0.15, 0.2) is 0 Å². The van der Waals surface area contributed by atoms with Crippen LogP contribution in [0.4, 0.5) is 5.69 Å². The molecule has 0 heterocycles. The first-order valence-corrected chi connectivity index (χ1v) is 5.31. The van der Waals surface area contributed by atoms with Crippen LogP contribution in [0.5, 0.6) is 0 Å². The Kier molecular flexibility index (Phi) is 5.35. The SMILES string of the molecule is C#CCN(CC)CCNc1ccccc1. The zero-order valence-corrected chi connectivity index (χ0v) is 9.24. The van der Waals surface area contributed by atoms with Gasteiger partial charge in [-0.05, 0) is 18.7 Å². The lowest BCUT2D eigenvalue weighted by molar-refractivity contribution is 0.337. The molecule has 0 saturated carbocycles. The maximum Gasteiger partial charge on any atom is 0.0599 e. The highest BCUT2D eigenvalue weighted by Gasteiger charge is 1.98. The Labute approximate surface area is 92.3 Å². The Bertz CT molecular complexity index is 300. The normalized spacial score (nSPS) is 9.93. The average molecular weight is 202 g/mol. The third-order valence-corrected chi connectivity index (χ3v) is 2.29. The maximum absolute atomic E-state index is 5.28. The molecule has 15 heavy (non-hydrogen) atoms. The van der Waals surface area contributed by atoms with Crippen molar-refractivity contribution in [1.29, 1.82) is 0 Å². The van der Waals surface area contributed by atoms with E-state index in [2.05, 4.69) is 35.2 Å². The number of benzene rings is 1. The van der Waals surface area contributed by atoms with Crippen LogP contribution in [0.2, 0.25) is 0 Å². The first-order chi connectivity index (χ1) is 7.36. The molecule has 1 N–H and O–H groups in total. The van der Waals surface area contributed by atoms with Crippen molar-refractivity contribution in [3.05, 3.63) is 30.3 Å². The van der Waals surface area contributed by atoms with Gasteiger partial charge in [0.05, 0.1) is 6.54 Å². The van der Waals surface area contributed by atoms with Gasteiger partial charge >= 0.3 is 0 Å². The van der Waals surface area contributed by atoms with Gasteiger partial charge in [-0.2, -0.15) is 0 Å². The van der Waals surface area contributed by atoms with Gasteiger partial charge in [-0.15, -0.1) is 6.42 Å². The van der Waals surface area contributed by atoms with Gasteiger partial charge in [-0.25, -0.2) is 0 Å². The number of terminal acetylenes is 1. The van der Waals surface area contributed by atoms with Crippen molar-refractivity contribution in [1.82, 2.24) is 4.90 Å². The van der Waals surface area contributed by atoms with Gasteiger partial charge in [0, 0.05) is 18.8 Å². The van der Waals surface area contributed by atoms with E-state index in [-0.39, 0.29) is 0 Å². The Morgan fingerprint density at radius 2 is 2.07 bits per heavy atom. The second kappa shape index (κ2) is 6.92. The molecule has 0 unspecified atom stereocenters. The predicted molar refractivity (Wildman–Crippen MR) is 65.9 cm³/mol. The Morgan fingerprint density at radius 3 is 2.67 bits per heavy atom. The third-order valence-electron chi connectivity index (χ3n) is 2.29. The fourth-order valence-electron chi connectivity index (χ4n) is 1.39. The van der Waals surface area contributed by atoms with Crippen molar-refractivity contribution in [3.8, 4) is 12.3 Å². The minimum Gasteiger partial charge on any atom is -0.384 e. The van der Waals surface area contributed by atoms with E-state index in [1.165, 1.54) is 0 Å². The Morgan fingerprint density at radius 1 is 1.33 bits per heavy atom. The topological polar surface area (TPSA) is 15.3 Å². The second-order valence-corrected chi connectivity index (χ2v) is 3.37. The molecule has 0 atom stereocenters. The highest BCUT2D eigenvalue weighted by atomic mass is 15.1. The predicted octanol–water partition coefficient (Wildman–Crippen LogP) is 2.05. The fraction of sp³-hybridized carbons (Fsp3) is 0.385. The molecule has 0 aliphatic carbocycles. The number of likely N-dealkylation sites (N-methyl/N-ethyl adjacent to an activating group) is 1. The summed E-state index contributed by atoms with van der Waals surface area (Å²) in [5.74, 6) is 2.67. The summed E-state index contributed by atoms with van der Waals surface area (Å²) in [5, 5.41) is 3.36. The summed E-state index contributed by atoms with van der Waals surface area (Å²) >= 11 is 0. The van der Waals surface area contributed by atoms with Crippen molar-refractivity contribution in [3.63, 3.8) is 0 Å². The largest absolute Gasteiger partial charge is 0.384 e. The van der Waals surface area contributed by atoms with Crippen molar-refractivity contribution in [2.45, 2.75) is 6.92 Å². The fourth-order valence-corrected chi connectivity index (χ4v) is 1.39. The molecule has 0 fully saturated rings. The van der Waals surface area contributed by atoms with Gasteiger partial charge in [0.1, 0.15) is 0 Å². The lowest BCUT2D eigenvalue weighted by Crippen LogP contribution is -2.29. The van der Waals surface area contributed by atoms with Crippen LogP contribution in [0.3, 0.4) is 0 Å². The summed E-state index contributed by atoms with van der Waals surface area (Å²) in [7, 11) is 0. The highest BCUT2D eigenvalue weighted by molar-refractivity contribution is 5.42. The quantitative estimate of drug-likeness (QED) is 0.710. The highest BCUT2D eigenvalue weighted by Crippen LogP contribution is 2.03. The van der Waals surface area contributed by atoms with E-state index in [1.54, 1.807) is 0 Å². The molecular formula is C13H18N2. The first-order valence-electron chi connectivity index (χ1n) is 5.31. The number of nitrogens with one attached hydrogen (secondary N) is 1. The molecule has 80 valence electrons. The summed E-state index contributed by atoms with van der Waals surface area (Å²) in [4.78, 5) is 2.23. The lowest BCUT2D eigenvalue weighted by Gasteiger charge is -2.17. The van der Waals surface area contributed by atoms with Crippen LogP contribution in [0.15, 0.2) is 30.3 Å². The van der Waals surface area contributed by atoms with E-state index in [9.17, 15) is 0 Å². The van der Waals surface area contributed by atoms with E-state index < -0.39 is 0 Å². The lowest BCUT2D eigenvalue weighted by atomic mass is 10.3. The van der Waals surface area contributed by atoms with E-state index in [1.807, 2.05) is 18.2 Å². The Hall–Kier alpha value is -1.46. The molecule has 0 amide bonds. The third kappa shape index (κ3) is 4.53. The van der Waals surface area contributed by atoms with Crippen molar-refractivity contribution >= 4 is 5.69 Å². The number of hydrogen-bond donors (Lipinski definition) is 1. The van der Waals surface area contributed by atoms with Gasteiger partial charge in [-0.1, -0.05) is 31.0 Å². The van der Waals surface area contributed by atoms with E-state index in [4.69, 9.17) is 6.42 Å². The molecule has 0 bridgehead atoms. The first kappa shape index (κ1) is 11.6. The summed E-state index contributed by atoms with van der Waals surface area (Å²) in [6, 6.07) is 10.2. The molecule has 0 radical (unpaired) electrons. The van der Waals surface area contributed by atoms with Crippen LogP contribution in [-0.2, 0) is 0 Å². The zero-order valence-electron chi connectivity index (χ0n) is 9.24. The van der Waals surface area contributed by atoms with E-state index in [0.717, 1.165) is 31.9 Å². The van der Waals surface area contributed by atoms with Gasteiger partial charge in [-0.3, -0.25) is 4.90 Å². The molecule has 0 saturated heterocycles. The molecule has 1 aromatic carbocycles. The molecule has 2 heteroatoms. The minimum atomic E-state index is 0.729. The minimum absolute atomic E-state index is 0.729. The number of para-hydroxylation sites is 1. The van der Waals surface area contributed by atoms with Crippen LogP contribution in [0.25, 0.3) is 0 Å². The molecule has 0 spiro atoms. The monoisotopic (exact) mass is 202 g/mol. The van der Waals surface area contributed by atoms with Crippen LogP contribution in [0, 0.1) is 12.3 Å². The van der Waals surface area contributed by atoms with Crippen LogP contribution in [-0.4, -0.2) is 31.1 Å². The second-order valence-electron chi connectivity index (χ2n) is 3.37. The molecule has 0 aromatic heterocycles. The molecular weight excluding hydrogens is 184 g/mol. The maximum atomic E-state index is 5.28. The van der Waals surface area contributed by atoms with Crippen LogP contribution >= 0.6 is 0 Å². The molecule has 2 nitrogen and oxygen atoms in total. The van der Waals surface area contributed by atoms with Crippen molar-refractivity contribution in [2.24, 2.45) is 0 Å². The number of nitrogens with zero attached hydrogens (tertiary/aromatic N) is 1. The smallest absolute Gasteiger partial charge is 0.0599 e. The molecule has 0 aliphatic rings. The average Bonchev–Trinajstić information content (AvgIpc) is 2.29.